The fraction of sp³-hybridized carbons (Fsp3) is 0.417. The van der Waals surface area contributed by atoms with Crippen LogP contribution in [-0.4, -0.2) is 33.7 Å². The van der Waals surface area contributed by atoms with Crippen LogP contribution in [0.3, 0.4) is 0 Å². The molecule has 0 heterocycles. The van der Waals surface area contributed by atoms with Crippen LogP contribution in [0.5, 0.6) is 0 Å². The van der Waals surface area contributed by atoms with Crippen molar-refractivity contribution in [2.24, 2.45) is 5.92 Å². The van der Waals surface area contributed by atoms with Crippen molar-refractivity contribution in [2.45, 2.75) is 17.6 Å². The number of anilines is 1. The van der Waals surface area contributed by atoms with Gasteiger partial charge in [-0.15, -0.1) is 12.4 Å². The third-order valence-electron chi connectivity index (χ3n) is 2.62. The molecular formula is C12H17ClF2N2O3S. The van der Waals surface area contributed by atoms with Crippen LogP contribution in [0.25, 0.3) is 0 Å². The molecule has 0 saturated carbocycles. The quantitative estimate of drug-likeness (QED) is 0.828. The smallest absolute Gasteiger partial charge is 0.326 e. The maximum absolute atomic E-state index is 12.4. The zero-order chi connectivity index (χ0) is 15.3. The van der Waals surface area contributed by atoms with Gasteiger partial charge in [0.15, 0.2) is 0 Å². The van der Waals surface area contributed by atoms with Crippen LogP contribution in [0.1, 0.15) is 6.92 Å². The van der Waals surface area contributed by atoms with E-state index in [1.54, 1.807) is 14.0 Å². The van der Waals surface area contributed by atoms with E-state index >= 15 is 0 Å². The van der Waals surface area contributed by atoms with Crippen molar-refractivity contribution >= 4 is 33.8 Å². The third-order valence-corrected chi connectivity index (χ3v) is 4.00. The fourth-order valence-corrected chi connectivity index (χ4v) is 2.28. The molecule has 0 aromatic heterocycles. The predicted octanol–water partition coefficient (Wildman–Crippen LogP) is 1.90. The lowest BCUT2D eigenvalue weighted by atomic mass is 10.1. The Hall–Kier alpha value is -1.25. The van der Waals surface area contributed by atoms with E-state index in [9.17, 15) is 22.0 Å². The van der Waals surface area contributed by atoms with Gasteiger partial charge >= 0.3 is 5.76 Å². The molecule has 0 aliphatic rings. The highest BCUT2D eigenvalue weighted by Crippen LogP contribution is 2.21. The van der Waals surface area contributed by atoms with Crippen molar-refractivity contribution in [3.8, 4) is 0 Å². The van der Waals surface area contributed by atoms with Gasteiger partial charge in [0.25, 0.3) is 0 Å². The number of sulfone groups is 1. The van der Waals surface area contributed by atoms with E-state index in [0.717, 1.165) is 12.1 Å². The Balaban J connectivity index is 0.00000400. The number of hydrogen-bond acceptors (Lipinski definition) is 4. The standard InChI is InChI=1S/C12H16F2N2O3S.ClH/c1-8(7-15-2)11(17)16-9-4-3-5-10(6-9)20(18,19)12(13)14;/h3-6,8,12,15H,7H2,1-2H3,(H,16,17);1H. The Morgan fingerprint density at radius 1 is 1.33 bits per heavy atom. The van der Waals surface area contributed by atoms with Gasteiger partial charge in [0.2, 0.25) is 15.7 Å². The van der Waals surface area contributed by atoms with Crippen molar-refractivity contribution in [1.29, 1.82) is 0 Å². The molecule has 0 spiro atoms. The van der Waals surface area contributed by atoms with Gasteiger partial charge < -0.3 is 10.6 Å². The van der Waals surface area contributed by atoms with Crippen LogP contribution in [0, 0.1) is 5.92 Å². The average Bonchev–Trinajstić information content (AvgIpc) is 2.39. The minimum atomic E-state index is -4.66. The summed E-state index contributed by atoms with van der Waals surface area (Å²) < 4.78 is 47.5. The molecule has 0 radical (unpaired) electrons. The van der Waals surface area contributed by atoms with E-state index in [1.165, 1.54) is 12.1 Å². The van der Waals surface area contributed by atoms with Crippen molar-refractivity contribution in [1.82, 2.24) is 5.32 Å². The number of rotatable bonds is 6. The maximum atomic E-state index is 12.4. The molecule has 120 valence electrons. The SMILES string of the molecule is CNCC(C)C(=O)Nc1cccc(S(=O)(=O)C(F)F)c1.Cl. The highest BCUT2D eigenvalue weighted by Gasteiger charge is 2.26. The molecule has 1 amide bonds. The predicted molar refractivity (Wildman–Crippen MR) is 78.6 cm³/mol. The van der Waals surface area contributed by atoms with E-state index in [2.05, 4.69) is 10.6 Å². The van der Waals surface area contributed by atoms with Gasteiger partial charge in [0.1, 0.15) is 0 Å². The summed E-state index contributed by atoms with van der Waals surface area (Å²) in [6.07, 6.45) is 0. The summed E-state index contributed by atoms with van der Waals surface area (Å²) in [4.78, 5) is 11.2. The van der Waals surface area contributed by atoms with Crippen molar-refractivity contribution in [3.05, 3.63) is 24.3 Å². The zero-order valence-electron chi connectivity index (χ0n) is 11.5. The number of amides is 1. The summed E-state index contributed by atoms with van der Waals surface area (Å²) in [6.45, 7) is 2.13. The first kappa shape index (κ1) is 19.8. The largest absolute Gasteiger partial charge is 0.341 e. The lowest BCUT2D eigenvalue weighted by Gasteiger charge is -2.12. The summed E-state index contributed by atoms with van der Waals surface area (Å²) in [5, 5.41) is 5.32. The lowest BCUT2D eigenvalue weighted by Crippen LogP contribution is -2.28. The molecule has 0 saturated heterocycles. The topological polar surface area (TPSA) is 75.3 Å². The second kappa shape index (κ2) is 8.26. The summed E-state index contributed by atoms with van der Waals surface area (Å²) in [5.41, 5.74) is 0.166. The van der Waals surface area contributed by atoms with Gasteiger partial charge in [0, 0.05) is 18.2 Å². The number of benzene rings is 1. The molecule has 2 N–H and O–H groups in total. The fourth-order valence-electron chi connectivity index (χ4n) is 1.52. The van der Waals surface area contributed by atoms with E-state index in [4.69, 9.17) is 0 Å². The van der Waals surface area contributed by atoms with Crippen LogP contribution in [0.4, 0.5) is 14.5 Å². The Morgan fingerprint density at radius 3 is 2.48 bits per heavy atom. The van der Waals surface area contributed by atoms with E-state index in [-0.39, 0.29) is 29.9 Å². The van der Waals surface area contributed by atoms with E-state index in [0.29, 0.717) is 6.54 Å². The molecule has 1 aromatic carbocycles. The Morgan fingerprint density at radius 2 is 1.95 bits per heavy atom. The number of alkyl halides is 2. The molecule has 0 bridgehead atoms. The molecule has 9 heteroatoms. The number of nitrogens with one attached hydrogen (secondary N) is 2. The molecule has 0 aliphatic carbocycles. The first-order valence-electron chi connectivity index (χ1n) is 5.86. The second-order valence-corrected chi connectivity index (χ2v) is 6.20. The summed E-state index contributed by atoms with van der Waals surface area (Å²) in [6, 6.07) is 4.82. The van der Waals surface area contributed by atoms with Crippen molar-refractivity contribution < 1.29 is 22.0 Å². The average molecular weight is 343 g/mol. The van der Waals surface area contributed by atoms with Crippen molar-refractivity contribution in [2.75, 3.05) is 18.9 Å². The maximum Gasteiger partial charge on any atom is 0.341 e. The minimum Gasteiger partial charge on any atom is -0.326 e. The zero-order valence-corrected chi connectivity index (χ0v) is 13.1. The van der Waals surface area contributed by atoms with Gasteiger partial charge in [-0.25, -0.2) is 8.42 Å². The summed E-state index contributed by atoms with van der Waals surface area (Å²) >= 11 is 0. The van der Waals surface area contributed by atoms with Crippen molar-refractivity contribution in [3.63, 3.8) is 0 Å². The highest BCUT2D eigenvalue weighted by atomic mass is 35.5. The van der Waals surface area contributed by atoms with Crippen LogP contribution >= 0.6 is 12.4 Å². The monoisotopic (exact) mass is 342 g/mol. The summed E-state index contributed by atoms with van der Waals surface area (Å²) in [7, 11) is -2.97. The molecule has 0 fully saturated rings. The van der Waals surface area contributed by atoms with E-state index in [1.807, 2.05) is 0 Å². The van der Waals surface area contributed by atoms with Gasteiger partial charge in [-0.1, -0.05) is 13.0 Å². The first-order valence-corrected chi connectivity index (χ1v) is 7.41. The van der Waals surface area contributed by atoms with Gasteiger partial charge in [0.05, 0.1) is 4.90 Å². The molecule has 5 nitrogen and oxygen atoms in total. The normalized spacial score (nSPS) is 12.6. The highest BCUT2D eigenvalue weighted by molar-refractivity contribution is 7.91. The number of hydrogen-bond donors (Lipinski definition) is 2. The lowest BCUT2D eigenvalue weighted by molar-refractivity contribution is -0.119. The third kappa shape index (κ3) is 5.22. The molecular weight excluding hydrogens is 326 g/mol. The Labute approximate surface area is 128 Å². The molecule has 1 unspecified atom stereocenters. The molecule has 1 rings (SSSR count). The number of carbonyl (C=O) groups is 1. The molecule has 1 atom stereocenters. The Kier molecular flexibility index (Phi) is 7.76. The van der Waals surface area contributed by atoms with Gasteiger partial charge in [-0.05, 0) is 25.2 Å². The number of carbonyl (C=O) groups excluding carboxylic acids is 1. The molecule has 21 heavy (non-hydrogen) atoms. The Bertz CT molecular complexity index is 582. The molecule has 1 aromatic rings. The van der Waals surface area contributed by atoms with Gasteiger partial charge in [-0.2, -0.15) is 8.78 Å². The second-order valence-electron chi connectivity index (χ2n) is 4.28. The van der Waals surface area contributed by atoms with E-state index < -0.39 is 20.5 Å². The molecule has 0 aliphatic heterocycles. The first-order chi connectivity index (χ1) is 9.28. The van der Waals surface area contributed by atoms with Crippen LogP contribution in [0.15, 0.2) is 29.2 Å². The minimum absolute atomic E-state index is 0. The van der Waals surface area contributed by atoms with Crippen LogP contribution in [-0.2, 0) is 14.6 Å². The van der Waals surface area contributed by atoms with Gasteiger partial charge in [-0.3, -0.25) is 4.79 Å². The van der Waals surface area contributed by atoms with Crippen LogP contribution < -0.4 is 10.6 Å². The number of halogens is 3. The summed E-state index contributed by atoms with van der Waals surface area (Å²) in [5.74, 6) is -4.15. The van der Waals surface area contributed by atoms with Crippen LogP contribution in [0.2, 0.25) is 0 Å².